The highest BCUT2D eigenvalue weighted by molar-refractivity contribution is 6.30. The Labute approximate surface area is 127 Å². The van der Waals surface area contributed by atoms with E-state index in [0.717, 1.165) is 18.8 Å². The van der Waals surface area contributed by atoms with E-state index in [4.69, 9.17) is 16.3 Å². The maximum Gasteiger partial charge on any atom is 0.120 e. The minimum absolute atomic E-state index is 0.0429. The highest BCUT2D eigenvalue weighted by atomic mass is 35.5. The predicted octanol–water partition coefficient (Wildman–Crippen LogP) is 1.23. The Morgan fingerprint density at radius 2 is 2.29 bits per heavy atom. The van der Waals surface area contributed by atoms with Crippen LogP contribution in [0.5, 0.6) is 5.75 Å². The molecule has 1 aliphatic rings. The van der Waals surface area contributed by atoms with Crippen molar-refractivity contribution in [3.63, 3.8) is 0 Å². The molecule has 2 heterocycles. The lowest BCUT2D eigenvalue weighted by molar-refractivity contribution is 0.136. The second-order valence-corrected chi connectivity index (χ2v) is 5.52. The van der Waals surface area contributed by atoms with E-state index < -0.39 is 6.10 Å². The lowest BCUT2D eigenvalue weighted by Crippen LogP contribution is -2.27. The molecule has 7 heteroatoms. The van der Waals surface area contributed by atoms with Gasteiger partial charge in [0, 0.05) is 30.9 Å². The Hall–Kier alpha value is -1.63. The van der Waals surface area contributed by atoms with Crippen LogP contribution in [0.25, 0.3) is 0 Å². The van der Waals surface area contributed by atoms with Gasteiger partial charge in [0.25, 0.3) is 0 Å². The number of likely N-dealkylation sites (tertiary alicyclic amines) is 1. The molecule has 0 radical (unpaired) electrons. The van der Waals surface area contributed by atoms with Gasteiger partial charge >= 0.3 is 0 Å². The Balaban J connectivity index is 1.48. The fraction of sp³-hybridized carbons (Fsp3) is 0.429. The number of hydrogen-bond donors (Lipinski definition) is 1. The summed E-state index contributed by atoms with van der Waals surface area (Å²) in [5, 5.41) is 18.5. The number of aromatic nitrogens is 3. The first kappa shape index (κ1) is 14.3. The molecule has 0 bridgehead atoms. The molecule has 3 rings (SSSR count). The van der Waals surface area contributed by atoms with Crippen LogP contribution in [0.4, 0.5) is 0 Å². The van der Waals surface area contributed by atoms with Gasteiger partial charge in [0.15, 0.2) is 0 Å². The van der Waals surface area contributed by atoms with E-state index in [2.05, 4.69) is 15.2 Å². The van der Waals surface area contributed by atoms with Gasteiger partial charge in [-0.3, -0.25) is 4.90 Å². The average Bonchev–Trinajstić information content (AvgIpc) is 3.08. The smallest absolute Gasteiger partial charge is 0.120 e. The number of ether oxygens (including phenoxy) is 1. The van der Waals surface area contributed by atoms with Gasteiger partial charge in [-0.05, 0) is 18.2 Å². The lowest BCUT2D eigenvalue weighted by atomic mass is 10.2. The van der Waals surface area contributed by atoms with Crippen LogP contribution in [0.1, 0.15) is 6.04 Å². The topological polar surface area (TPSA) is 63.4 Å². The zero-order valence-corrected chi connectivity index (χ0v) is 12.2. The molecule has 0 aliphatic carbocycles. The monoisotopic (exact) mass is 308 g/mol. The summed E-state index contributed by atoms with van der Waals surface area (Å²) in [6, 6.07) is 7.30. The normalized spacial score (nSPS) is 22.6. The molecule has 1 aromatic carbocycles. The maximum atomic E-state index is 10.1. The van der Waals surface area contributed by atoms with Crippen LogP contribution in [0.2, 0.25) is 5.02 Å². The van der Waals surface area contributed by atoms with E-state index in [1.807, 2.05) is 18.2 Å². The van der Waals surface area contributed by atoms with Gasteiger partial charge in [0.05, 0.1) is 18.3 Å². The molecule has 112 valence electrons. The number of aliphatic hydroxyl groups is 1. The zero-order valence-electron chi connectivity index (χ0n) is 11.5. The third kappa shape index (κ3) is 3.53. The molecular weight excluding hydrogens is 292 g/mol. The van der Waals surface area contributed by atoms with Crippen molar-refractivity contribution in [2.45, 2.75) is 12.1 Å². The van der Waals surface area contributed by atoms with Crippen molar-refractivity contribution in [3.8, 4) is 5.75 Å². The predicted molar refractivity (Wildman–Crippen MR) is 78.5 cm³/mol. The van der Waals surface area contributed by atoms with Crippen LogP contribution in [0, 0.1) is 0 Å². The van der Waals surface area contributed by atoms with Crippen LogP contribution in [0.15, 0.2) is 36.7 Å². The van der Waals surface area contributed by atoms with Crippen LogP contribution in [-0.4, -0.2) is 57.3 Å². The van der Waals surface area contributed by atoms with Gasteiger partial charge in [-0.15, -0.1) is 5.10 Å². The Morgan fingerprint density at radius 3 is 3.05 bits per heavy atom. The molecule has 6 nitrogen and oxygen atoms in total. The van der Waals surface area contributed by atoms with E-state index in [-0.39, 0.29) is 6.04 Å². The van der Waals surface area contributed by atoms with Crippen molar-refractivity contribution >= 4 is 11.6 Å². The molecule has 0 unspecified atom stereocenters. The Bertz CT molecular complexity index is 578. The fourth-order valence-corrected chi connectivity index (χ4v) is 2.71. The van der Waals surface area contributed by atoms with Crippen LogP contribution in [-0.2, 0) is 0 Å². The van der Waals surface area contributed by atoms with E-state index in [0.29, 0.717) is 18.2 Å². The third-order valence-corrected chi connectivity index (χ3v) is 3.82. The van der Waals surface area contributed by atoms with Crippen LogP contribution in [0.3, 0.4) is 0 Å². The number of β-amino-alcohol motifs (C(OH)–C–C–N with tert-alkyl or cyclic N) is 1. The van der Waals surface area contributed by atoms with Crippen molar-refractivity contribution in [3.05, 3.63) is 41.7 Å². The molecule has 21 heavy (non-hydrogen) atoms. The van der Waals surface area contributed by atoms with Crippen LogP contribution < -0.4 is 4.74 Å². The summed E-state index contributed by atoms with van der Waals surface area (Å²) < 4.78 is 7.38. The van der Waals surface area contributed by atoms with E-state index in [1.54, 1.807) is 23.1 Å². The first-order valence-electron chi connectivity index (χ1n) is 6.87. The molecule has 2 atom stereocenters. The molecule has 1 fully saturated rings. The standard InChI is InChI=1S/C14H17ClN4O2/c15-11-2-1-3-12(8-11)21-7-6-18-9-13(14(20)10-18)19-5-4-16-17-19/h1-5,8,13-14,20H,6-7,9-10H2/t13-,14-/m1/s1. The first-order valence-corrected chi connectivity index (χ1v) is 7.25. The molecule has 0 saturated carbocycles. The van der Waals surface area contributed by atoms with Gasteiger partial charge in [0.2, 0.25) is 0 Å². The Kier molecular flexibility index (Phi) is 4.38. The second-order valence-electron chi connectivity index (χ2n) is 5.08. The van der Waals surface area contributed by atoms with E-state index in [9.17, 15) is 5.11 Å². The molecule has 0 amide bonds. The minimum atomic E-state index is -0.433. The number of rotatable bonds is 5. The zero-order chi connectivity index (χ0) is 14.7. The summed E-state index contributed by atoms with van der Waals surface area (Å²) in [5.41, 5.74) is 0. The fourth-order valence-electron chi connectivity index (χ4n) is 2.53. The molecule has 1 saturated heterocycles. The van der Waals surface area contributed by atoms with E-state index in [1.165, 1.54) is 0 Å². The highest BCUT2D eigenvalue weighted by Crippen LogP contribution is 2.21. The summed E-state index contributed by atoms with van der Waals surface area (Å²) in [6.45, 7) is 2.65. The maximum absolute atomic E-state index is 10.1. The first-order chi connectivity index (χ1) is 10.2. The quantitative estimate of drug-likeness (QED) is 0.900. The number of halogens is 1. The molecular formula is C14H17ClN4O2. The molecule has 1 aromatic heterocycles. The SMILES string of the molecule is O[C@@H]1CN(CCOc2cccc(Cl)c2)C[C@H]1n1ccnn1. The van der Waals surface area contributed by atoms with Gasteiger partial charge in [-0.25, -0.2) is 4.68 Å². The minimum Gasteiger partial charge on any atom is -0.492 e. The summed E-state index contributed by atoms with van der Waals surface area (Å²) >= 11 is 5.91. The van der Waals surface area contributed by atoms with Crippen molar-refractivity contribution in [2.75, 3.05) is 26.2 Å². The van der Waals surface area contributed by atoms with Crippen LogP contribution >= 0.6 is 11.6 Å². The molecule has 1 aliphatic heterocycles. The largest absolute Gasteiger partial charge is 0.492 e. The van der Waals surface area contributed by atoms with Gasteiger partial charge in [0.1, 0.15) is 12.4 Å². The molecule has 0 spiro atoms. The number of hydrogen-bond acceptors (Lipinski definition) is 5. The number of nitrogens with zero attached hydrogens (tertiary/aromatic N) is 4. The average molecular weight is 309 g/mol. The van der Waals surface area contributed by atoms with Gasteiger partial charge < -0.3 is 9.84 Å². The molecule has 1 N–H and O–H groups in total. The van der Waals surface area contributed by atoms with Crippen molar-refractivity contribution in [1.82, 2.24) is 19.9 Å². The third-order valence-electron chi connectivity index (χ3n) is 3.59. The lowest BCUT2D eigenvalue weighted by Gasteiger charge is -2.16. The van der Waals surface area contributed by atoms with E-state index >= 15 is 0 Å². The van der Waals surface area contributed by atoms with Crippen molar-refractivity contribution in [2.24, 2.45) is 0 Å². The van der Waals surface area contributed by atoms with Gasteiger partial charge in [-0.1, -0.05) is 22.9 Å². The summed E-state index contributed by atoms with van der Waals surface area (Å²) in [6.07, 6.45) is 2.97. The van der Waals surface area contributed by atoms with Crippen molar-refractivity contribution in [1.29, 1.82) is 0 Å². The van der Waals surface area contributed by atoms with Gasteiger partial charge in [-0.2, -0.15) is 0 Å². The number of benzene rings is 1. The highest BCUT2D eigenvalue weighted by Gasteiger charge is 2.32. The molecule has 2 aromatic rings. The summed E-state index contributed by atoms with van der Waals surface area (Å²) in [4.78, 5) is 2.15. The summed E-state index contributed by atoms with van der Waals surface area (Å²) in [7, 11) is 0. The summed E-state index contributed by atoms with van der Waals surface area (Å²) in [5.74, 6) is 0.759. The number of aliphatic hydroxyl groups excluding tert-OH is 1. The Morgan fingerprint density at radius 1 is 1.38 bits per heavy atom. The second kappa shape index (κ2) is 6.43. The van der Waals surface area contributed by atoms with Crippen molar-refractivity contribution < 1.29 is 9.84 Å².